The number of methoxy groups -OCH3 is 1. The van der Waals surface area contributed by atoms with Gasteiger partial charge in [0.05, 0.1) is 18.1 Å². The fourth-order valence-corrected chi connectivity index (χ4v) is 3.86. The van der Waals surface area contributed by atoms with Gasteiger partial charge < -0.3 is 14.1 Å². The first-order valence-electron chi connectivity index (χ1n) is 7.84. The van der Waals surface area contributed by atoms with E-state index in [-0.39, 0.29) is 29.0 Å². The normalized spacial score (nSPS) is 28.8. The maximum atomic E-state index is 12.0. The van der Waals surface area contributed by atoms with E-state index in [4.69, 9.17) is 9.16 Å². The molecular formula is C16H29NO3Si. The monoisotopic (exact) mass is 311 g/mol. The molecule has 0 aromatic carbocycles. The quantitative estimate of drug-likeness (QED) is 0.328. The minimum absolute atomic E-state index is 0.0521. The minimum atomic E-state index is -1.67. The molecule has 0 aromatic rings. The van der Waals surface area contributed by atoms with E-state index < -0.39 is 8.32 Å². The minimum Gasteiger partial charge on any atom is -0.417 e. The van der Waals surface area contributed by atoms with E-state index >= 15 is 0 Å². The van der Waals surface area contributed by atoms with Gasteiger partial charge in [-0.05, 0) is 24.6 Å². The highest BCUT2D eigenvalue weighted by molar-refractivity contribution is 6.74. The molecule has 0 aromatic heterocycles. The van der Waals surface area contributed by atoms with Crippen molar-refractivity contribution in [1.29, 1.82) is 0 Å². The molecule has 0 saturated carbocycles. The number of carbonyl (C=O) groups excluding carboxylic acids is 1. The Hall–Kier alpha value is -0.653. The average Bonchev–Trinajstić information content (AvgIpc) is 2.76. The lowest BCUT2D eigenvalue weighted by Crippen LogP contribution is -2.62. The van der Waals surface area contributed by atoms with Crippen molar-refractivity contribution < 1.29 is 14.0 Å². The standard InChI is InChI=1S/C16H29NO3Si/c1-16(2,3)21(5,6)20-11-7-10-17-14-12(15(17)18)8-9-13(14)19-4/h8-9,12-14H,7,10-11H2,1-6H3/t12-,13-,14-/m0/s1. The zero-order valence-corrected chi connectivity index (χ0v) is 15.2. The van der Waals surface area contributed by atoms with Crippen molar-refractivity contribution in [3.63, 3.8) is 0 Å². The zero-order valence-electron chi connectivity index (χ0n) is 14.2. The molecule has 2 rings (SSSR count). The topological polar surface area (TPSA) is 38.8 Å². The molecule has 3 atom stereocenters. The lowest BCUT2D eigenvalue weighted by molar-refractivity contribution is -0.157. The second-order valence-electron chi connectivity index (χ2n) is 7.60. The van der Waals surface area contributed by atoms with Crippen LogP contribution in [-0.4, -0.2) is 51.5 Å². The van der Waals surface area contributed by atoms with E-state index in [9.17, 15) is 4.79 Å². The van der Waals surface area contributed by atoms with Gasteiger partial charge in [0.25, 0.3) is 0 Å². The van der Waals surface area contributed by atoms with Crippen molar-refractivity contribution in [2.75, 3.05) is 20.3 Å². The van der Waals surface area contributed by atoms with Crippen LogP contribution in [0.4, 0.5) is 0 Å². The van der Waals surface area contributed by atoms with Crippen molar-refractivity contribution in [2.45, 2.75) is 57.5 Å². The van der Waals surface area contributed by atoms with Gasteiger partial charge in [0.1, 0.15) is 0 Å². The first-order chi connectivity index (χ1) is 9.69. The van der Waals surface area contributed by atoms with Crippen molar-refractivity contribution in [2.24, 2.45) is 5.92 Å². The van der Waals surface area contributed by atoms with Gasteiger partial charge in [-0.3, -0.25) is 4.79 Å². The number of carbonyl (C=O) groups is 1. The third-order valence-corrected chi connectivity index (χ3v) is 9.76. The summed E-state index contributed by atoms with van der Waals surface area (Å²) >= 11 is 0. The maximum Gasteiger partial charge on any atom is 0.232 e. The fourth-order valence-electron chi connectivity index (χ4n) is 2.77. The smallest absolute Gasteiger partial charge is 0.232 e. The molecule has 0 radical (unpaired) electrons. The van der Waals surface area contributed by atoms with E-state index in [1.807, 2.05) is 17.1 Å². The number of hydrogen-bond donors (Lipinski definition) is 0. The second-order valence-corrected chi connectivity index (χ2v) is 12.4. The van der Waals surface area contributed by atoms with Crippen LogP contribution in [0.25, 0.3) is 0 Å². The number of likely N-dealkylation sites (tertiary alicyclic amines) is 1. The molecule has 1 saturated heterocycles. The number of amides is 1. The van der Waals surface area contributed by atoms with Gasteiger partial charge in [0.2, 0.25) is 5.91 Å². The van der Waals surface area contributed by atoms with Crippen LogP contribution in [0.1, 0.15) is 27.2 Å². The Morgan fingerprint density at radius 3 is 2.52 bits per heavy atom. The summed E-state index contributed by atoms with van der Waals surface area (Å²) in [6.45, 7) is 12.8. The number of rotatable bonds is 6. The van der Waals surface area contributed by atoms with Crippen LogP contribution in [0.3, 0.4) is 0 Å². The van der Waals surface area contributed by atoms with Gasteiger partial charge >= 0.3 is 0 Å². The van der Waals surface area contributed by atoms with E-state index in [1.54, 1.807) is 7.11 Å². The van der Waals surface area contributed by atoms with Crippen LogP contribution in [0.2, 0.25) is 18.1 Å². The van der Waals surface area contributed by atoms with E-state index in [0.717, 1.165) is 19.6 Å². The van der Waals surface area contributed by atoms with E-state index in [2.05, 4.69) is 33.9 Å². The first-order valence-corrected chi connectivity index (χ1v) is 10.8. The lowest BCUT2D eigenvalue weighted by atomic mass is 9.89. The Morgan fingerprint density at radius 2 is 1.95 bits per heavy atom. The Bertz CT molecular complexity index is 428. The number of hydrogen-bond acceptors (Lipinski definition) is 3. The van der Waals surface area contributed by atoms with Crippen LogP contribution >= 0.6 is 0 Å². The SMILES string of the molecule is CO[C@H]1C=C[C@@H]2C(=O)N(CCCO[Si](C)(C)C(C)(C)C)[C@H]12. The van der Waals surface area contributed by atoms with Crippen molar-refractivity contribution in [3.05, 3.63) is 12.2 Å². The number of ether oxygens (including phenoxy) is 1. The Balaban J connectivity index is 1.76. The first kappa shape index (κ1) is 16.7. The largest absolute Gasteiger partial charge is 0.417 e. The summed E-state index contributed by atoms with van der Waals surface area (Å²) in [5.74, 6) is 0.291. The maximum absolute atomic E-state index is 12.0. The average molecular weight is 311 g/mol. The van der Waals surface area contributed by atoms with Gasteiger partial charge in [-0.25, -0.2) is 0 Å². The highest BCUT2D eigenvalue weighted by Gasteiger charge is 2.51. The molecule has 1 fully saturated rings. The number of nitrogens with zero attached hydrogens (tertiary/aromatic N) is 1. The Labute approximate surface area is 129 Å². The second kappa shape index (κ2) is 5.86. The molecule has 1 aliphatic heterocycles. The van der Waals surface area contributed by atoms with Crippen LogP contribution in [0, 0.1) is 5.92 Å². The van der Waals surface area contributed by atoms with Gasteiger partial charge in [-0.15, -0.1) is 0 Å². The highest BCUT2D eigenvalue weighted by Crippen LogP contribution is 2.38. The molecule has 0 unspecified atom stereocenters. The third kappa shape index (κ3) is 3.10. The van der Waals surface area contributed by atoms with Crippen LogP contribution in [0.15, 0.2) is 12.2 Å². The zero-order chi connectivity index (χ0) is 15.8. The fraction of sp³-hybridized carbons (Fsp3) is 0.812. The summed E-state index contributed by atoms with van der Waals surface area (Å²) in [4.78, 5) is 14.0. The predicted octanol–water partition coefficient (Wildman–Crippen LogP) is 2.81. The molecule has 2 aliphatic rings. The van der Waals surface area contributed by atoms with Crippen LogP contribution in [-0.2, 0) is 14.0 Å². The molecule has 0 N–H and O–H groups in total. The van der Waals surface area contributed by atoms with Crippen molar-refractivity contribution >= 4 is 14.2 Å². The van der Waals surface area contributed by atoms with E-state index in [0.29, 0.717) is 0 Å². The third-order valence-electron chi connectivity index (χ3n) is 5.23. The van der Waals surface area contributed by atoms with Gasteiger partial charge in [0, 0.05) is 20.3 Å². The van der Waals surface area contributed by atoms with Crippen LogP contribution in [0.5, 0.6) is 0 Å². The molecular weight excluding hydrogens is 282 g/mol. The summed E-state index contributed by atoms with van der Waals surface area (Å²) < 4.78 is 11.6. The lowest BCUT2D eigenvalue weighted by Gasteiger charge is -2.46. The molecule has 0 spiro atoms. The summed E-state index contributed by atoms with van der Waals surface area (Å²) in [6.07, 6.45) is 4.97. The van der Waals surface area contributed by atoms with Gasteiger partial charge in [-0.1, -0.05) is 32.9 Å². The van der Waals surface area contributed by atoms with Crippen molar-refractivity contribution in [3.8, 4) is 0 Å². The molecule has 1 amide bonds. The number of β-lactam (4-membered cyclic amide) rings is 1. The molecule has 120 valence electrons. The molecule has 4 nitrogen and oxygen atoms in total. The summed E-state index contributed by atoms with van der Waals surface area (Å²) in [5, 5.41) is 0.237. The van der Waals surface area contributed by atoms with E-state index in [1.165, 1.54) is 0 Å². The predicted molar refractivity (Wildman–Crippen MR) is 86.7 cm³/mol. The Kier molecular flexibility index (Phi) is 4.66. The molecule has 1 aliphatic carbocycles. The summed E-state index contributed by atoms with van der Waals surface area (Å²) in [5.41, 5.74) is 0. The molecule has 5 heteroatoms. The Morgan fingerprint density at radius 1 is 1.29 bits per heavy atom. The van der Waals surface area contributed by atoms with Gasteiger partial charge in [-0.2, -0.15) is 0 Å². The highest BCUT2D eigenvalue weighted by atomic mass is 28.4. The number of fused-ring (bicyclic) bond motifs is 1. The molecule has 0 bridgehead atoms. The van der Waals surface area contributed by atoms with Gasteiger partial charge in [0.15, 0.2) is 8.32 Å². The van der Waals surface area contributed by atoms with Crippen LogP contribution < -0.4 is 0 Å². The van der Waals surface area contributed by atoms with Crippen molar-refractivity contribution in [1.82, 2.24) is 4.90 Å². The summed E-state index contributed by atoms with van der Waals surface area (Å²) in [7, 11) is 0.0338. The summed E-state index contributed by atoms with van der Waals surface area (Å²) in [6, 6.07) is 0.218. The molecule has 1 heterocycles. The molecule has 21 heavy (non-hydrogen) atoms.